The van der Waals surface area contributed by atoms with E-state index in [0.717, 1.165) is 11.1 Å². The van der Waals surface area contributed by atoms with Gasteiger partial charge in [0.05, 0.1) is 5.92 Å². The summed E-state index contributed by atoms with van der Waals surface area (Å²) >= 11 is 0. The van der Waals surface area contributed by atoms with Crippen LogP contribution in [0, 0.1) is 17.7 Å². The third-order valence-corrected chi connectivity index (χ3v) is 3.88. The van der Waals surface area contributed by atoms with Crippen LogP contribution in [0.4, 0.5) is 4.39 Å². The average Bonchev–Trinajstić information content (AvgIpc) is 2.55. The molecule has 0 aliphatic rings. The van der Waals surface area contributed by atoms with E-state index >= 15 is 0 Å². The van der Waals surface area contributed by atoms with Gasteiger partial charge in [0.15, 0.2) is 0 Å². The van der Waals surface area contributed by atoms with Crippen LogP contribution in [-0.4, -0.2) is 22.6 Å². The highest BCUT2D eigenvalue weighted by Crippen LogP contribution is 2.21. The third-order valence-electron chi connectivity index (χ3n) is 3.88. The van der Waals surface area contributed by atoms with Gasteiger partial charge in [0.25, 0.3) is 0 Å². The van der Waals surface area contributed by atoms with Gasteiger partial charge in [-0.1, -0.05) is 26.0 Å². The van der Waals surface area contributed by atoms with Gasteiger partial charge in [-0.3, -0.25) is 9.78 Å². The largest absolute Gasteiger partial charge is 0.481 e. The Labute approximate surface area is 141 Å². The van der Waals surface area contributed by atoms with Crippen LogP contribution in [0.2, 0.25) is 0 Å². The van der Waals surface area contributed by atoms with Gasteiger partial charge >= 0.3 is 5.97 Å². The molecule has 1 aromatic heterocycles. The minimum atomic E-state index is -0.815. The molecule has 0 saturated heterocycles. The standard InChI is InChI=1S/C19H23FN2O2/c1-13(2)9-17(19(23)24)12-22-11-16-4-3-15(10-18(16)20)14-5-7-21-8-6-14/h3-8,10,13,17,22H,9,11-12H2,1-2H3,(H,23,24). The second-order valence-corrected chi connectivity index (χ2v) is 6.34. The van der Waals surface area contributed by atoms with Crippen LogP contribution in [0.1, 0.15) is 25.8 Å². The maximum atomic E-state index is 14.3. The Balaban J connectivity index is 1.97. The van der Waals surface area contributed by atoms with Gasteiger partial charge in [-0.15, -0.1) is 0 Å². The number of rotatable bonds is 8. The number of nitrogens with one attached hydrogen (secondary N) is 1. The topological polar surface area (TPSA) is 62.2 Å². The van der Waals surface area contributed by atoms with E-state index in [9.17, 15) is 14.3 Å². The van der Waals surface area contributed by atoms with Crippen molar-refractivity contribution in [1.29, 1.82) is 0 Å². The van der Waals surface area contributed by atoms with Crippen molar-refractivity contribution in [1.82, 2.24) is 10.3 Å². The lowest BCUT2D eigenvalue weighted by molar-refractivity contribution is -0.142. The summed E-state index contributed by atoms with van der Waals surface area (Å²) in [6.07, 6.45) is 3.94. The van der Waals surface area contributed by atoms with Crippen LogP contribution >= 0.6 is 0 Å². The third kappa shape index (κ3) is 5.13. The molecule has 24 heavy (non-hydrogen) atoms. The van der Waals surface area contributed by atoms with Crippen LogP contribution < -0.4 is 5.32 Å². The number of hydrogen-bond donors (Lipinski definition) is 2. The molecule has 4 nitrogen and oxygen atoms in total. The lowest BCUT2D eigenvalue weighted by Gasteiger charge is -2.15. The molecular weight excluding hydrogens is 307 g/mol. The summed E-state index contributed by atoms with van der Waals surface area (Å²) in [5.74, 6) is -1.26. The molecule has 1 unspecified atom stereocenters. The molecule has 2 N–H and O–H groups in total. The van der Waals surface area contributed by atoms with E-state index in [1.165, 1.54) is 6.07 Å². The number of hydrogen-bond acceptors (Lipinski definition) is 3. The molecule has 0 aliphatic carbocycles. The van der Waals surface area contributed by atoms with Crippen molar-refractivity contribution in [2.45, 2.75) is 26.8 Å². The molecule has 1 heterocycles. The van der Waals surface area contributed by atoms with Gasteiger partial charge in [0.2, 0.25) is 0 Å². The lowest BCUT2D eigenvalue weighted by Crippen LogP contribution is -2.29. The molecule has 1 aromatic carbocycles. The Morgan fingerprint density at radius 3 is 2.50 bits per heavy atom. The second-order valence-electron chi connectivity index (χ2n) is 6.34. The number of carboxylic acids is 1. The Kier molecular flexibility index (Phi) is 6.44. The van der Waals surface area contributed by atoms with Gasteiger partial charge in [-0.25, -0.2) is 4.39 Å². The van der Waals surface area contributed by atoms with E-state index in [0.29, 0.717) is 31.0 Å². The maximum absolute atomic E-state index is 14.3. The highest BCUT2D eigenvalue weighted by Gasteiger charge is 2.18. The van der Waals surface area contributed by atoms with Crippen LogP contribution in [0.3, 0.4) is 0 Å². The summed E-state index contributed by atoms with van der Waals surface area (Å²) in [7, 11) is 0. The van der Waals surface area contributed by atoms with Crippen LogP contribution in [0.5, 0.6) is 0 Å². The molecule has 0 aliphatic heterocycles. The summed E-state index contributed by atoms with van der Waals surface area (Å²) in [6.45, 7) is 4.63. The summed E-state index contributed by atoms with van der Waals surface area (Å²) in [4.78, 5) is 15.2. The molecule has 2 rings (SSSR count). The van der Waals surface area contributed by atoms with E-state index < -0.39 is 11.9 Å². The van der Waals surface area contributed by atoms with E-state index in [-0.39, 0.29) is 5.82 Å². The Morgan fingerprint density at radius 1 is 1.21 bits per heavy atom. The molecule has 0 fully saturated rings. The summed E-state index contributed by atoms with van der Waals surface area (Å²) in [5.41, 5.74) is 2.23. The molecule has 0 saturated carbocycles. The average molecular weight is 330 g/mol. The smallest absolute Gasteiger partial charge is 0.307 e. The fourth-order valence-electron chi connectivity index (χ4n) is 2.64. The Hall–Kier alpha value is -2.27. The molecule has 0 spiro atoms. The normalized spacial score (nSPS) is 12.3. The van der Waals surface area contributed by atoms with E-state index in [1.54, 1.807) is 18.5 Å². The number of carbonyl (C=O) groups is 1. The predicted octanol–water partition coefficient (Wildman–Crippen LogP) is 3.72. The number of carboxylic acid groups (broad SMARTS) is 1. The molecule has 1 atom stereocenters. The Morgan fingerprint density at radius 2 is 1.92 bits per heavy atom. The quantitative estimate of drug-likeness (QED) is 0.774. The number of aromatic nitrogens is 1. The van der Waals surface area contributed by atoms with Crippen LogP contribution in [0.15, 0.2) is 42.7 Å². The zero-order valence-corrected chi connectivity index (χ0v) is 14.0. The highest BCUT2D eigenvalue weighted by molar-refractivity contribution is 5.70. The van der Waals surface area contributed by atoms with E-state index in [4.69, 9.17) is 0 Å². The minimum absolute atomic E-state index is 0.299. The summed E-state index contributed by atoms with van der Waals surface area (Å²) < 4.78 is 14.3. The van der Waals surface area contributed by atoms with E-state index in [2.05, 4.69) is 10.3 Å². The summed E-state index contributed by atoms with van der Waals surface area (Å²) in [6, 6.07) is 8.75. The molecule has 128 valence electrons. The second kappa shape index (κ2) is 8.55. The molecule has 0 radical (unpaired) electrons. The molecule has 0 amide bonds. The SMILES string of the molecule is CC(C)CC(CNCc1ccc(-c2ccncc2)cc1F)C(=O)O. The number of halogens is 1. The van der Waals surface area contributed by atoms with Crippen molar-refractivity contribution >= 4 is 5.97 Å². The molecule has 5 heteroatoms. The highest BCUT2D eigenvalue weighted by atomic mass is 19.1. The fourth-order valence-corrected chi connectivity index (χ4v) is 2.64. The maximum Gasteiger partial charge on any atom is 0.307 e. The predicted molar refractivity (Wildman–Crippen MR) is 91.9 cm³/mol. The monoisotopic (exact) mass is 330 g/mol. The van der Waals surface area contributed by atoms with Crippen molar-refractivity contribution in [3.05, 3.63) is 54.1 Å². The first-order valence-corrected chi connectivity index (χ1v) is 8.09. The first kappa shape index (κ1) is 18.1. The van der Waals surface area contributed by atoms with Gasteiger partial charge in [0, 0.05) is 31.0 Å². The first-order valence-electron chi connectivity index (χ1n) is 8.09. The number of nitrogens with zero attached hydrogens (tertiary/aromatic N) is 1. The van der Waals surface area contributed by atoms with Crippen molar-refractivity contribution in [2.24, 2.45) is 11.8 Å². The zero-order chi connectivity index (χ0) is 17.5. The lowest BCUT2D eigenvalue weighted by atomic mass is 9.97. The molecule has 2 aromatic rings. The molecule has 0 bridgehead atoms. The van der Waals surface area contributed by atoms with Crippen LogP contribution in [-0.2, 0) is 11.3 Å². The minimum Gasteiger partial charge on any atom is -0.481 e. The van der Waals surface area contributed by atoms with Crippen molar-refractivity contribution < 1.29 is 14.3 Å². The first-order chi connectivity index (χ1) is 11.5. The zero-order valence-electron chi connectivity index (χ0n) is 14.0. The van der Waals surface area contributed by atoms with E-state index in [1.807, 2.05) is 32.0 Å². The fraction of sp³-hybridized carbons (Fsp3) is 0.368. The van der Waals surface area contributed by atoms with Gasteiger partial charge in [-0.2, -0.15) is 0 Å². The summed E-state index contributed by atoms with van der Waals surface area (Å²) in [5, 5.41) is 12.3. The number of benzene rings is 1. The number of aliphatic carboxylic acids is 1. The van der Waals surface area contributed by atoms with Gasteiger partial charge in [-0.05, 0) is 41.7 Å². The van der Waals surface area contributed by atoms with Crippen molar-refractivity contribution in [2.75, 3.05) is 6.54 Å². The van der Waals surface area contributed by atoms with Crippen molar-refractivity contribution in [3.63, 3.8) is 0 Å². The number of pyridine rings is 1. The van der Waals surface area contributed by atoms with Crippen LogP contribution in [0.25, 0.3) is 11.1 Å². The van der Waals surface area contributed by atoms with Crippen molar-refractivity contribution in [3.8, 4) is 11.1 Å². The molecular formula is C19H23FN2O2. The Bertz CT molecular complexity index is 674. The van der Waals surface area contributed by atoms with Gasteiger partial charge < -0.3 is 10.4 Å². The van der Waals surface area contributed by atoms with Gasteiger partial charge in [0.1, 0.15) is 5.82 Å².